The summed E-state index contributed by atoms with van der Waals surface area (Å²) in [6, 6.07) is 3.28. The Bertz CT molecular complexity index is 663. The molecule has 1 aliphatic carbocycles. The van der Waals surface area contributed by atoms with Crippen molar-refractivity contribution >= 4 is 11.9 Å². The smallest absolute Gasteiger partial charge is 0.311 e. The summed E-state index contributed by atoms with van der Waals surface area (Å²) >= 11 is 0. The van der Waals surface area contributed by atoms with Crippen LogP contribution in [0.2, 0.25) is 0 Å². The van der Waals surface area contributed by atoms with Gasteiger partial charge in [-0.15, -0.1) is 0 Å². The second kappa shape index (κ2) is 5.58. The van der Waals surface area contributed by atoms with Gasteiger partial charge in [0.2, 0.25) is 5.91 Å². The Morgan fingerprint density at radius 2 is 2.09 bits per heavy atom. The summed E-state index contributed by atoms with van der Waals surface area (Å²) in [5.74, 6) is -2.75. The number of carboxylic acid groups (broad SMARTS) is 1. The normalized spacial score (nSPS) is 30.1. The molecule has 1 aromatic carbocycles. The molecule has 4 nitrogen and oxygen atoms in total. The lowest BCUT2D eigenvalue weighted by atomic mass is 9.82. The summed E-state index contributed by atoms with van der Waals surface area (Å²) in [6.07, 6.45) is 1.67. The van der Waals surface area contributed by atoms with Crippen LogP contribution in [-0.2, 0) is 9.59 Å². The molecule has 1 heterocycles. The first-order valence-corrected chi connectivity index (χ1v) is 7.79. The van der Waals surface area contributed by atoms with Gasteiger partial charge in [-0.05, 0) is 55.9 Å². The van der Waals surface area contributed by atoms with E-state index in [9.17, 15) is 23.5 Å². The molecule has 23 heavy (non-hydrogen) atoms. The van der Waals surface area contributed by atoms with Crippen molar-refractivity contribution in [1.82, 2.24) is 4.90 Å². The molecule has 0 spiro atoms. The quantitative estimate of drug-likeness (QED) is 0.930. The van der Waals surface area contributed by atoms with Gasteiger partial charge >= 0.3 is 5.97 Å². The van der Waals surface area contributed by atoms with Crippen LogP contribution >= 0.6 is 0 Å². The number of halogens is 2. The van der Waals surface area contributed by atoms with E-state index in [1.807, 2.05) is 0 Å². The Balaban J connectivity index is 1.71. The number of carbonyl (C=O) groups excluding carboxylic acids is 1. The Morgan fingerprint density at radius 3 is 2.78 bits per heavy atom. The Labute approximate surface area is 133 Å². The summed E-state index contributed by atoms with van der Waals surface area (Å²) < 4.78 is 27.1. The Hall–Kier alpha value is -1.98. The molecule has 0 bridgehead atoms. The third-order valence-corrected chi connectivity index (χ3v) is 4.99. The number of amides is 1. The van der Waals surface area contributed by atoms with Crippen LogP contribution in [0.15, 0.2) is 18.2 Å². The van der Waals surface area contributed by atoms with E-state index >= 15 is 0 Å². The van der Waals surface area contributed by atoms with Gasteiger partial charge in [-0.3, -0.25) is 9.59 Å². The highest BCUT2D eigenvalue weighted by molar-refractivity contribution is 5.84. The highest BCUT2D eigenvalue weighted by atomic mass is 19.1. The topological polar surface area (TPSA) is 57.6 Å². The SMILES string of the molecule is CC1(C(=O)O)CCCN(C(=O)C2CC2c2cc(F)ccc2F)C1. The van der Waals surface area contributed by atoms with Crippen molar-refractivity contribution in [3.63, 3.8) is 0 Å². The molecule has 1 amide bonds. The van der Waals surface area contributed by atoms with Crippen molar-refractivity contribution in [2.24, 2.45) is 11.3 Å². The van der Waals surface area contributed by atoms with Gasteiger partial charge in [-0.25, -0.2) is 8.78 Å². The van der Waals surface area contributed by atoms with Crippen molar-refractivity contribution in [3.05, 3.63) is 35.4 Å². The van der Waals surface area contributed by atoms with Gasteiger partial charge in [0.1, 0.15) is 11.6 Å². The fourth-order valence-corrected chi connectivity index (χ4v) is 3.45. The molecule has 1 aromatic rings. The predicted octanol–water partition coefficient (Wildman–Crippen LogP) is 2.78. The fraction of sp³-hybridized carbons (Fsp3) is 0.529. The van der Waals surface area contributed by atoms with E-state index in [0.717, 1.165) is 18.2 Å². The number of rotatable bonds is 3. The fourth-order valence-electron chi connectivity index (χ4n) is 3.45. The molecule has 124 valence electrons. The van der Waals surface area contributed by atoms with Gasteiger partial charge in [0.15, 0.2) is 0 Å². The maximum absolute atomic E-state index is 13.8. The van der Waals surface area contributed by atoms with Crippen molar-refractivity contribution < 1.29 is 23.5 Å². The van der Waals surface area contributed by atoms with Gasteiger partial charge in [-0.1, -0.05) is 0 Å². The van der Waals surface area contributed by atoms with Crippen molar-refractivity contribution in [1.29, 1.82) is 0 Å². The number of carboxylic acids is 1. The average Bonchev–Trinajstić information content (AvgIpc) is 3.29. The number of carbonyl (C=O) groups is 2. The molecule has 2 fully saturated rings. The summed E-state index contributed by atoms with van der Waals surface area (Å²) in [5.41, 5.74) is -0.691. The highest BCUT2D eigenvalue weighted by Gasteiger charge is 2.49. The largest absolute Gasteiger partial charge is 0.481 e. The Kier molecular flexibility index (Phi) is 3.86. The van der Waals surface area contributed by atoms with E-state index in [4.69, 9.17) is 0 Å². The number of piperidine rings is 1. The molecule has 1 saturated carbocycles. The summed E-state index contributed by atoms with van der Waals surface area (Å²) in [4.78, 5) is 25.5. The summed E-state index contributed by atoms with van der Waals surface area (Å²) in [7, 11) is 0. The zero-order valence-electron chi connectivity index (χ0n) is 12.9. The highest BCUT2D eigenvalue weighted by Crippen LogP contribution is 2.50. The average molecular weight is 323 g/mol. The van der Waals surface area contributed by atoms with Crippen LogP contribution in [0.5, 0.6) is 0 Å². The van der Waals surface area contributed by atoms with Crippen LogP contribution in [0.3, 0.4) is 0 Å². The van der Waals surface area contributed by atoms with E-state index < -0.39 is 23.0 Å². The number of hydrogen-bond donors (Lipinski definition) is 1. The van der Waals surface area contributed by atoms with Gasteiger partial charge in [0, 0.05) is 19.0 Å². The monoisotopic (exact) mass is 323 g/mol. The third-order valence-electron chi connectivity index (χ3n) is 4.99. The molecule has 3 atom stereocenters. The number of likely N-dealkylation sites (tertiary alicyclic amines) is 1. The molecule has 0 aromatic heterocycles. The lowest BCUT2D eigenvalue weighted by Crippen LogP contribution is -2.49. The molecule has 2 aliphatic rings. The Morgan fingerprint density at radius 1 is 1.35 bits per heavy atom. The zero-order valence-corrected chi connectivity index (χ0v) is 12.9. The standard InChI is InChI=1S/C17H19F2NO3/c1-17(16(22)23)5-2-6-20(9-17)15(21)13-8-11(13)12-7-10(18)3-4-14(12)19/h3-4,7,11,13H,2,5-6,8-9H2,1H3,(H,22,23). The van der Waals surface area contributed by atoms with Gasteiger partial charge in [0.05, 0.1) is 5.41 Å². The maximum atomic E-state index is 13.8. The number of nitrogens with zero attached hydrogens (tertiary/aromatic N) is 1. The lowest BCUT2D eigenvalue weighted by molar-refractivity contribution is -0.153. The predicted molar refractivity (Wildman–Crippen MR) is 78.8 cm³/mol. The zero-order chi connectivity index (χ0) is 16.8. The van der Waals surface area contributed by atoms with Crippen LogP contribution < -0.4 is 0 Å². The van der Waals surface area contributed by atoms with Crippen LogP contribution in [0.25, 0.3) is 0 Å². The molecule has 3 unspecified atom stereocenters. The minimum Gasteiger partial charge on any atom is -0.481 e. The van der Waals surface area contributed by atoms with E-state index in [2.05, 4.69) is 0 Å². The van der Waals surface area contributed by atoms with Crippen LogP contribution in [-0.4, -0.2) is 35.0 Å². The molecule has 1 N–H and O–H groups in total. The maximum Gasteiger partial charge on any atom is 0.311 e. The minimum atomic E-state index is -0.928. The van der Waals surface area contributed by atoms with Crippen molar-refractivity contribution in [3.8, 4) is 0 Å². The van der Waals surface area contributed by atoms with E-state index in [-0.39, 0.29) is 29.9 Å². The van der Waals surface area contributed by atoms with Crippen molar-refractivity contribution in [2.75, 3.05) is 13.1 Å². The van der Waals surface area contributed by atoms with Gasteiger partial charge < -0.3 is 10.0 Å². The number of aliphatic carboxylic acids is 1. The molecular formula is C17H19F2NO3. The molecule has 6 heteroatoms. The second-order valence-corrected chi connectivity index (χ2v) is 6.84. The molecular weight excluding hydrogens is 304 g/mol. The van der Waals surface area contributed by atoms with Crippen LogP contribution in [0, 0.1) is 23.0 Å². The number of benzene rings is 1. The first-order chi connectivity index (χ1) is 10.8. The minimum absolute atomic E-state index is 0.147. The first-order valence-electron chi connectivity index (χ1n) is 7.79. The molecule has 1 saturated heterocycles. The third kappa shape index (κ3) is 2.94. The van der Waals surface area contributed by atoms with E-state index in [1.54, 1.807) is 11.8 Å². The summed E-state index contributed by atoms with van der Waals surface area (Å²) in [6.45, 7) is 2.35. The second-order valence-electron chi connectivity index (χ2n) is 6.84. The van der Waals surface area contributed by atoms with Crippen LogP contribution in [0.4, 0.5) is 8.78 Å². The molecule has 1 aliphatic heterocycles. The van der Waals surface area contributed by atoms with Crippen LogP contribution in [0.1, 0.15) is 37.7 Å². The number of hydrogen-bond acceptors (Lipinski definition) is 2. The van der Waals surface area contributed by atoms with Crippen molar-refractivity contribution in [2.45, 2.75) is 32.1 Å². The first kappa shape index (κ1) is 15.9. The molecule has 0 radical (unpaired) electrons. The van der Waals surface area contributed by atoms with E-state index in [0.29, 0.717) is 25.8 Å². The van der Waals surface area contributed by atoms with Gasteiger partial charge in [-0.2, -0.15) is 0 Å². The lowest BCUT2D eigenvalue weighted by Gasteiger charge is -2.37. The molecule has 3 rings (SSSR count). The summed E-state index contributed by atoms with van der Waals surface area (Å²) in [5, 5.41) is 9.32. The van der Waals surface area contributed by atoms with E-state index in [1.165, 1.54) is 0 Å². The van der Waals surface area contributed by atoms with Gasteiger partial charge in [0.25, 0.3) is 0 Å².